The molecule has 1 aromatic rings. The normalized spacial score (nSPS) is 22.5. The number of aryl methyl sites for hydroxylation is 1. The van der Waals surface area contributed by atoms with Crippen LogP contribution in [-0.2, 0) is 12.8 Å². The van der Waals surface area contributed by atoms with Gasteiger partial charge in [-0.2, -0.15) is 0 Å². The van der Waals surface area contributed by atoms with E-state index in [0.717, 1.165) is 43.9 Å². The molecule has 1 atom stereocenters. The van der Waals surface area contributed by atoms with Gasteiger partial charge in [0, 0.05) is 50.2 Å². The molecule has 2 heterocycles. The molecule has 0 radical (unpaired) electrons. The van der Waals surface area contributed by atoms with Gasteiger partial charge >= 0.3 is 0 Å². The number of thiazole rings is 1. The second-order valence-corrected chi connectivity index (χ2v) is 7.78. The summed E-state index contributed by atoms with van der Waals surface area (Å²) in [7, 11) is 1.85. The molecule has 1 aliphatic heterocycles. The number of hydrogen-bond donors (Lipinski definition) is 2. The Hall–Kier alpha value is -1.14. The summed E-state index contributed by atoms with van der Waals surface area (Å²) < 4.78 is 0. The fraction of sp³-hybridized carbons (Fsp3) is 0.765. The van der Waals surface area contributed by atoms with E-state index in [1.165, 1.54) is 42.2 Å². The number of nitrogens with one attached hydrogen (secondary N) is 2. The molecule has 0 amide bonds. The number of guanidine groups is 1. The van der Waals surface area contributed by atoms with Crippen LogP contribution in [-0.4, -0.2) is 55.1 Å². The quantitative estimate of drug-likeness (QED) is 0.590. The highest BCUT2D eigenvalue weighted by atomic mass is 32.1. The predicted octanol–water partition coefficient (Wildman–Crippen LogP) is 1.90. The second-order valence-electron chi connectivity index (χ2n) is 6.58. The van der Waals surface area contributed by atoms with Crippen LogP contribution < -0.4 is 10.6 Å². The van der Waals surface area contributed by atoms with Crippen molar-refractivity contribution in [1.82, 2.24) is 20.5 Å². The Morgan fingerprint density at radius 2 is 2.26 bits per heavy atom. The minimum atomic E-state index is 0.764. The van der Waals surface area contributed by atoms with E-state index in [9.17, 15) is 0 Å². The number of aliphatic imine (C=N–C) groups is 1. The van der Waals surface area contributed by atoms with Crippen molar-refractivity contribution in [3.63, 3.8) is 0 Å². The van der Waals surface area contributed by atoms with E-state index >= 15 is 0 Å². The lowest BCUT2D eigenvalue weighted by molar-refractivity contribution is 0.314. The van der Waals surface area contributed by atoms with E-state index < -0.39 is 0 Å². The van der Waals surface area contributed by atoms with Gasteiger partial charge in [-0.1, -0.05) is 6.92 Å². The Labute approximate surface area is 143 Å². The molecular formula is C17H29N5S. The van der Waals surface area contributed by atoms with Crippen molar-refractivity contribution in [2.45, 2.75) is 45.1 Å². The summed E-state index contributed by atoms with van der Waals surface area (Å²) in [6.45, 7) is 6.63. The summed E-state index contributed by atoms with van der Waals surface area (Å²) in [5, 5.41) is 8.11. The lowest BCUT2D eigenvalue weighted by Crippen LogP contribution is -2.41. The molecule has 1 aromatic heterocycles. The second kappa shape index (κ2) is 8.11. The van der Waals surface area contributed by atoms with Gasteiger partial charge in [0.25, 0.3) is 0 Å². The highest BCUT2D eigenvalue weighted by molar-refractivity contribution is 7.11. The van der Waals surface area contributed by atoms with E-state index in [0.29, 0.717) is 0 Å². The first kappa shape index (κ1) is 16.7. The van der Waals surface area contributed by atoms with Crippen LogP contribution in [0, 0.1) is 5.92 Å². The first-order chi connectivity index (χ1) is 11.3. The molecule has 2 fully saturated rings. The molecule has 2 N–H and O–H groups in total. The summed E-state index contributed by atoms with van der Waals surface area (Å²) in [6.07, 6.45) is 8.19. The average Bonchev–Trinajstić information content (AvgIpc) is 3.14. The molecule has 2 aliphatic rings. The van der Waals surface area contributed by atoms with E-state index in [-0.39, 0.29) is 0 Å². The molecule has 1 aliphatic carbocycles. The van der Waals surface area contributed by atoms with Gasteiger partial charge in [0.1, 0.15) is 0 Å². The summed E-state index contributed by atoms with van der Waals surface area (Å²) in [4.78, 5) is 12.8. The number of aromatic nitrogens is 1. The van der Waals surface area contributed by atoms with Crippen molar-refractivity contribution in [3.8, 4) is 0 Å². The van der Waals surface area contributed by atoms with Crippen molar-refractivity contribution < 1.29 is 0 Å². The Bertz CT molecular complexity index is 523. The number of hydrogen-bond acceptors (Lipinski definition) is 4. The highest BCUT2D eigenvalue weighted by Gasteiger charge is 2.34. The molecule has 1 saturated heterocycles. The third-order valence-electron chi connectivity index (χ3n) is 4.74. The molecular weight excluding hydrogens is 306 g/mol. The van der Waals surface area contributed by atoms with Crippen LogP contribution in [0.4, 0.5) is 0 Å². The van der Waals surface area contributed by atoms with Gasteiger partial charge in [-0.3, -0.25) is 4.99 Å². The molecule has 1 saturated carbocycles. The van der Waals surface area contributed by atoms with Crippen LogP contribution in [0.1, 0.15) is 36.1 Å². The van der Waals surface area contributed by atoms with E-state index in [4.69, 9.17) is 0 Å². The Balaban J connectivity index is 1.33. The summed E-state index contributed by atoms with van der Waals surface area (Å²) >= 11 is 1.82. The fourth-order valence-electron chi connectivity index (χ4n) is 3.18. The maximum atomic E-state index is 4.46. The topological polar surface area (TPSA) is 52.6 Å². The lowest BCUT2D eigenvalue weighted by Gasteiger charge is -2.17. The third-order valence-corrected chi connectivity index (χ3v) is 5.94. The van der Waals surface area contributed by atoms with Gasteiger partial charge in [-0.05, 0) is 38.1 Å². The molecule has 0 spiro atoms. The van der Waals surface area contributed by atoms with Crippen molar-refractivity contribution in [1.29, 1.82) is 0 Å². The summed E-state index contributed by atoms with van der Waals surface area (Å²) in [6, 6.07) is 0.906. The standard InChI is InChI=1S/C17H29N5S/c1-3-15-11-20-16(23-15)6-8-19-17(18-2)21-10-13-7-9-22(12-13)14-4-5-14/h11,13-14H,3-10,12H2,1-2H3,(H2,18,19,21). The van der Waals surface area contributed by atoms with Crippen molar-refractivity contribution in [2.75, 3.05) is 33.2 Å². The van der Waals surface area contributed by atoms with Gasteiger partial charge in [-0.25, -0.2) is 4.98 Å². The fourth-order valence-corrected chi connectivity index (χ4v) is 4.04. The number of nitrogens with zero attached hydrogens (tertiary/aromatic N) is 3. The van der Waals surface area contributed by atoms with Crippen LogP contribution in [0.5, 0.6) is 0 Å². The van der Waals surface area contributed by atoms with E-state index in [2.05, 4.69) is 32.4 Å². The molecule has 0 bridgehead atoms. The summed E-state index contributed by atoms with van der Waals surface area (Å²) in [5.41, 5.74) is 0. The predicted molar refractivity (Wildman–Crippen MR) is 97.3 cm³/mol. The zero-order valence-corrected chi connectivity index (χ0v) is 15.2. The minimum Gasteiger partial charge on any atom is -0.356 e. The first-order valence-corrected chi connectivity index (χ1v) is 9.72. The molecule has 0 aromatic carbocycles. The zero-order chi connectivity index (χ0) is 16.1. The van der Waals surface area contributed by atoms with Gasteiger partial charge < -0.3 is 15.5 Å². The molecule has 1 unspecified atom stereocenters. The molecule has 128 valence electrons. The van der Waals surface area contributed by atoms with Crippen molar-refractivity contribution >= 4 is 17.3 Å². The van der Waals surface area contributed by atoms with Crippen LogP contribution >= 0.6 is 11.3 Å². The van der Waals surface area contributed by atoms with Gasteiger partial charge in [0.15, 0.2) is 5.96 Å². The Morgan fingerprint density at radius 3 is 2.96 bits per heavy atom. The maximum Gasteiger partial charge on any atom is 0.191 e. The molecule has 5 nitrogen and oxygen atoms in total. The van der Waals surface area contributed by atoms with Gasteiger partial charge in [-0.15, -0.1) is 11.3 Å². The smallest absolute Gasteiger partial charge is 0.191 e. The van der Waals surface area contributed by atoms with E-state index in [1.807, 2.05) is 24.6 Å². The molecule has 3 rings (SSSR count). The monoisotopic (exact) mass is 335 g/mol. The minimum absolute atomic E-state index is 0.764. The van der Waals surface area contributed by atoms with Crippen LogP contribution in [0.2, 0.25) is 0 Å². The number of likely N-dealkylation sites (tertiary alicyclic amines) is 1. The van der Waals surface area contributed by atoms with Gasteiger partial charge in [0.2, 0.25) is 0 Å². The summed E-state index contributed by atoms with van der Waals surface area (Å²) in [5.74, 6) is 1.68. The van der Waals surface area contributed by atoms with E-state index in [1.54, 1.807) is 0 Å². The van der Waals surface area contributed by atoms with Crippen molar-refractivity contribution in [2.24, 2.45) is 10.9 Å². The average molecular weight is 336 g/mol. The highest BCUT2D eigenvalue weighted by Crippen LogP contribution is 2.31. The van der Waals surface area contributed by atoms with Crippen molar-refractivity contribution in [3.05, 3.63) is 16.1 Å². The Kier molecular flexibility index (Phi) is 5.89. The van der Waals surface area contributed by atoms with Crippen LogP contribution in [0.15, 0.2) is 11.2 Å². The van der Waals surface area contributed by atoms with Crippen LogP contribution in [0.3, 0.4) is 0 Å². The Morgan fingerprint density at radius 1 is 1.39 bits per heavy atom. The third kappa shape index (κ3) is 4.91. The lowest BCUT2D eigenvalue weighted by atomic mass is 10.1. The van der Waals surface area contributed by atoms with Crippen LogP contribution in [0.25, 0.3) is 0 Å². The number of rotatable bonds is 7. The maximum absolute atomic E-state index is 4.46. The first-order valence-electron chi connectivity index (χ1n) is 8.90. The zero-order valence-electron chi connectivity index (χ0n) is 14.3. The van der Waals surface area contributed by atoms with Gasteiger partial charge in [0.05, 0.1) is 5.01 Å². The SMILES string of the molecule is CCc1cnc(CCNC(=NC)NCC2CCN(C3CC3)C2)s1. The largest absolute Gasteiger partial charge is 0.356 e. The molecule has 23 heavy (non-hydrogen) atoms. The molecule has 6 heteroatoms.